The summed E-state index contributed by atoms with van der Waals surface area (Å²) in [5.41, 5.74) is 1.32. The van der Waals surface area contributed by atoms with Gasteiger partial charge in [0.1, 0.15) is 11.4 Å². The number of nitrogens with zero attached hydrogens (tertiary/aromatic N) is 2. The highest BCUT2D eigenvalue weighted by Crippen LogP contribution is 2.15. The van der Waals surface area contributed by atoms with Gasteiger partial charge in [-0.15, -0.1) is 0 Å². The maximum atomic E-state index is 13.4. The molecule has 0 aliphatic carbocycles. The number of carbonyl (C=O) groups is 2. The predicted octanol–water partition coefficient (Wildman–Crippen LogP) is 4.75. The first-order chi connectivity index (χ1) is 16.3. The van der Waals surface area contributed by atoms with Crippen LogP contribution in [0.25, 0.3) is 11.0 Å². The van der Waals surface area contributed by atoms with Gasteiger partial charge < -0.3 is 14.2 Å². The van der Waals surface area contributed by atoms with Gasteiger partial charge in [-0.05, 0) is 42.2 Å². The number of hydrogen-bond acceptors (Lipinski definition) is 4. The molecule has 0 spiro atoms. The minimum Gasteiger partial charge on any atom is -0.464 e. The third-order valence-corrected chi connectivity index (χ3v) is 5.51. The summed E-state index contributed by atoms with van der Waals surface area (Å²) in [5, 5.41) is 0.439. The predicted molar refractivity (Wildman–Crippen MR) is 129 cm³/mol. The molecule has 0 saturated heterocycles. The molecular formula is C27H31FN2O4. The van der Waals surface area contributed by atoms with Crippen LogP contribution in [-0.4, -0.2) is 34.7 Å². The van der Waals surface area contributed by atoms with Crippen molar-refractivity contribution in [3.8, 4) is 0 Å². The number of halogens is 1. The van der Waals surface area contributed by atoms with E-state index < -0.39 is 0 Å². The Hall–Kier alpha value is -3.48. The number of rotatable bonds is 10. The van der Waals surface area contributed by atoms with Crippen LogP contribution in [0.3, 0.4) is 0 Å². The molecule has 3 aromatic rings. The molecule has 0 aliphatic rings. The van der Waals surface area contributed by atoms with E-state index in [2.05, 4.69) is 0 Å². The first-order valence-corrected chi connectivity index (χ1v) is 11.6. The number of fused-ring (bicyclic) bond motifs is 1. The summed E-state index contributed by atoms with van der Waals surface area (Å²) in [6.45, 7) is 6.45. The van der Waals surface area contributed by atoms with Gasteiger partial charge in [-0.2, -0.15) is 0 Å². The van der Waals surface area contributed by atoms with Crippen LogP contribution < -0.4 is 5.43 Å². The molecule has 0 saturated carbocycles. The molecule has 0 unspecified atom stereocenters. The van der Waals surface area contributed by atoms with Gasteiger partial charge in [0.25, 0.3) is 0 Å². The number of benzene rings is 2. The first kappa shape index (κ1) is 25.1. The highest BCUT2D eigenvalue weighted by molar-refractivity contribution is 5.85. The normalized spacial score (nSPS) is 11.1. The largest absolute Gasteiger partial charge is 0.464 e. The molecule has 34 heavy (non-hydrogen) atoms. The number of para-hydroxylation sites is 1. The van der Waals surface area contributed by atoms with Crippen LogP contribution in [0.1, 0.15) is 44.7 Å². The first-order valence-electron chi connectivity index (χ1n) is 11.6. The number of hydrogen-bond donors (Lipinski definition) is 0. The van der Waals surface area contributed by atoms with Crippen LogP contribution in [-0.2, 0) is 22.7 Å². The summed E-state index contributed by atoms with van der Waals surface area (Å²) < 4.78 is 19.0. The van der Waals surface area contributed by atoms with Crippen molar-refractivity contribution >= 4 is 22.8 Å². The summed E-state index contributed by atoms with van der Waals surface area (Å²) in [6, 6.07) is 12.8. The second-order valence-electron chi connectivity index (χ2n) is 8.88. The third-order valence-electron chi connectivity index (χ3n) is 5.51. The summed E-state index contributed by atoms with van der Waals surface area (Å²) in [7, 11) is 0. The van der Waals surface area contributed by atoms with Crippen LogP contribution >= 0.6 is 0 Å². The SMILES string of the molecule is CCCN(CC(=O)N(Cc1ccc(F)cc1)Cc1coc2ccccc2c1=O)C(=O)CC(C)C. The van der Waals surface area contributed by atoms with Gasteiger partial charge in [0.2, 0.25) is 11.8 Å². The zero-order chi connectivity index (χ0) is 24.7. The van der Waals surface area contributed by atoms with Crippen LogP contribution in [0.2, 0.25) is 0 Å². The van der Waals surface area contributed by atoms with Crippen LogP contribution in [0.4, 0.5) is 4.39 Å². The molecule has 0 bridgehead atoms. The molecular weight excluding hydrogens is 435 g/mol. The van der Waals surface area contributed by atoms with Crippen molar-refractivity contribution in [1.29, 1.82) is 0 Å². The lowest BCUT2D eigenvalue weighted by molar-refractivity contribution is -0.141. The van der Waals surface area contributed by atoms with Crippen molar-refractivity contribution in [3.63, 3.8) is 0 Å². The fourth-order valence-electron chi connectivity index (χ4n) is 3.78. The van der Waals surface area contributed by atoms with Crippen molar-refractivity contribution in [3.05, 3.63) is 82.0 Å². The van der Waals surface area contributed by atoms with E-state index in [-0.39, 0.29) is 48.6 Å². The van der Waals surface area contributed by atoms with Crippen molar-refractivity contribution in [2.24, 2.45) is 5.92 Å². The van der Waals surface area contributed by atoms with Crippen molar-refractivity contribution in [1.82, 2.24) is 9.80 Å². The highest BCUT2D eigenvalue weighted by Gasteiger charge is 2.23. The average Bonchev–Trinajstić information content (AvgIpc) is 2.81. The minimum atomic E-state index is -0.370. The maximum Gasteiger partial charge on any atom is 0.242 e. The Balaban J connectivity index is 1.89. The Morgan fingerprint density at radius 1 is 0.971 bits per heavy atom. The summed E-state index contributed by atoms with van der Waals surface area (Å²) in [6.07, 6.45) is 2.46. The molecule has 180 valence electrons. The Labute approximate surface area is 199 Å². The van der Waals surface area contributed by atoms with Gasteiger partial charge in [-0.25, -0.2) is 4.39 Å². The van der Waals surface area contributed by atoms with E-state index in [9.17, 15) is 18.8 Å². The zero-order valence-electron chi connectivity index (χ0n) is 19.9. The highest BCUT2D eigenvalue weighted by atomic mass is 19.1. The van der Waals surface area contributed by atoms with E-state index in [1.54, 1.807) is 41.3 Å². The maximum absolute atomic E-state index is 13.4. The summed E-state index contributed by atoms with van der Waals surface area (Å²) in [4.78, 5) is 42.2. The van der Waals surface area contributed by atoms with Gasteiger partial charge in [-0.1, -0.05) is 45.0 Å². The Kier molecular flexibility index (Phi) is 8.57. The topological polar surface area (TPSA) is 70.8 Å². The van der Waals surface area contributed by atoms with Gasteiger partial charge in [0.05, 0.1) is 30.3 Å². The van der Waals surface area contributed by atoms with Crippen LogP contribution in [0.15, 0.2) is 64.0 Å². The van der Waals surface area contributed by atoms with Crippen molar-refractivity contribution in [2.75, 3.05) is 13.1 Å². The fraction of sp³-hybridized carbons (Fsp3) is 0.370. The zero-order valence-corrected chi connectivity index (χ0v) is 19.9. The third kappa shape index (κ3) is 6.53. The Morgan fingerprint density at radius 3 is 2.35 bits per heavy atom. The van der Waals surface area contributed by atoms with E-state index in [1.165, 1.54) is 23.3 Å². The molecule has 0 N–H and O–H groups in total. The van der Waals surface area contributed by atoms with Gasteiger partial charge in [0, 0.05) is 19.5 Å². The summed E-state index contributed by atoms with van der Waals surface area (Å²) >= 11 is 0. The van der Waals surface area contributed by atoms with Crippen LogP contribution in [0.5, 0.6) is 0 Å². The van der Waals surface area contributed by atoms with E-state index >= 15 is 0 Å². The van der Waals surface area contributed by atoms with E-state index in [1.807, 2.05) is 20.8 Å². The molecule has 6 nitrogen and oxygen atoms in total. The second kappa shape index (κ2) is 11.6. The number of carbonyl (C=O) groups excluding carboxylic acids is 2. The quantitative estimate of drug-likeness (QED) is 0.433. The standard InChI is InChI=1S/C27H31FN2O4/c1-4-13-29(25(31)14-19(2)3)17-26(32)30(15-20-9-11-22(28)12-10-20)16-21-18-34-24-8-6-5-7-23(24)27(21)33/h5-12,18-19H,4,13-17H2,1-3H3. The molecule has 0 aliphatic heterocycles. The van der Waals surface area contributed by atoms with E-state index in [0.717, 1.165) is 12.0 Å². The second-order valence-corrected chi connectivity index (χ2v) is 8.88. The molecule has 0 fully saturated rings. The monoisotopic (exact) mass is 466 g/mol. The molecule has 0 atom stereocenters. The van der Waals surface area contributed by atoms with Gasteiger partial charge in [-0.3, -0.25) is 14.4 Å². The molecule has 3 rings (SSSR count). The van der Waals surface area contributed by atoms with E-state index in [4.69, 9.17) is 4.42 Å². The molecule has 1 heterocycles. The molecule has 7 heteroatoms. The lowest BCUT2D eigenvalue weighted by Crippen LogP contribution is -2.43. The fourth-order valence-corrected chi connectivity index (χ4v) is 3.78. The van der Waals surface area contributed by atoms with E-state index in [0.29, 0.717) is 29.5 Å². The lowest BCUT2D eigenvalue weighted by Gasteiger charge is -2.28. The molecule has 0 radical (unpaired) electrons. The summed E-state index contributed by atoms with van der Waals surface area (Å²) in [5.74, 6) is -0.552. The lowest BCUT2D eigenvalue weighted by atomic mass is 10.1. The molecule has 1 aromatic heterocycles. The van der Waals surface area contributed by atoms with Crippen LogP contribution in [0, 0.1) is 11.7 Å². The average molecular weight is 467 g/mol. The number of amides is 2. The minimum absolute atomic E-state index is 0.0156. The van der Waals surface area contributed by atoms with Crippen molar-refractivity contribution < 1.29 is 18.4 Å². The smallest absolute Gasteiger partial charge is 0.242 e. The molecule has 2 aromatic carbocycles. The van der Waals surface area contributed by atoms with Crippen molar-refractivity contribution in [2.45, 2.75) is 46.7 Å². The molecule has 2 amide bonds. The Morgan fingerprint density at radius 2 is 1.68 bits per heavy atom. The van der Waals surface area contributed by atoms with Gasteiger partial charge in [0.15, 0.2) is 5.43 Å². The van der Waals surface area contributed by atoms with Gasteiger partial charge >= 0.3 is 0 Å². The Bertz CT molecular complexity index is 1190.